The summed E-state index contributed by atoms with van der Waals surface area (Å²) in [7, 11) is 0. The number of nitrogens with zero attached hydrogens (tertiary/aromatic N) is 1. The van der Waals surface area contributed by atoms with Gasteiger partial charge in [-0.25, -0.2) is 4.79 Å². The van der Waals surface area contributed by atoms with Gasteiger partial charge >= 0.3 is 5.97 Å². The summed E-state index contributed by atoms with van der Waals surface area (Å²) < 4.78 is 5.24. The van der Waals surface area contributed by atoms with E-state index in [1.807, 2.05) is 13.8 Å². The quantitative estimate of drug-likeness (QED) is 0.829. The number of hydrogen-bond acceptors (Lipinski definition) is 5. The Bertz CT molecular complexity index is 620. The molecule has 2 heterocycles. The minimum absolute atomic E-state index is 0.0268. The molecule has 6 heteroatoms. The molecule has 1 aliphatic carbocycles. The monoisotopic (exact) mass is 350 g/mol. The van der Waals surface area contributed by atoms with Gasteiger partial charge in [0.25, 0.3) is 0 Å². The number of likely N-dealkylation sites (tertiary alicyclic amines) is 1. The highest BCUT2D eigenvalue weighted by Crippen LogP contribution is 2.38. The molecule has 5 nitrogen and oxygen atoms in total. The van der Waals surface area contributed by atoms with Crippen molar-refractivity contribution in [3.05, 3.63) is 16.0 Å². The summed E-state index contributed by atoms with van der Waals surface area (Å²) in [5, 5.41) is 3.70. The summed E-state index contributed by atoms with van der Waals surface area (Å²) in [6.07, 6.45) is 6.43. The van der Waals surface area contributed by atoms with Crippen LogP contribution in [-0.4, -0.2) is 42.5 Å². The lowest BCUT2D eigenvalue weighted by atomic mass is 9.95. The van der Waals surface area contributed by atoms with Crippen LogP contribution < -0.4 is 5.32 Å². The average Bonchev–Trinajstić information content (AvgIpc) is 3.21. The predicted octanol–water partition coefficient (Wildman–Crippen LogP) is 3.23. The number of carbonyl (C=O) groups excluding carboxylic acids is 2. The Kier molecular flexibility index (Phi) is 5.56. The van der Waals surface area contributed by atoms with Crippen LogP contribution in [0.3, 0.4) is 0 Å². The number of nitrogens with one attached hydrogen (secondary N) is 1. The first-order chi connectivity index (χ1) is 11.6. The van der Waals surface area contributed by atoms with E-state index in [-0.39, 0.29) is 17.9 Å². The molecule has 0 bridgehead atoms. The molecule has 1 atom stereocenters. The maximum Gasteiger partial charge on any atom is 0.341 e. The van der Waals surface area contributed by atoms with Gasteiger partial charge in [-0.05, 0) is 71.0 Å². The van der Waals surface area contributed by atoms with Crippen LogP contribution >= 0.6 is 11.3 Å². The van der Waals surface area contributed by atoms with Crippen LogP contribution in [0.1, 0.15) is 60.3 Å². The lowest BCUT2D eigenvalue weighted by Crippen LogP contribution is -2.40. The molecule has 1 aromatic heterocycles. The Morgan fingerprint density at radius 3 is 2.62 bits per heavy atom. The fourth-order valence-corrected chi connectivity index (χ4v) is 4.86. The van der Waals surface area contributed by atoms with Crippen molar-refractivity contribution in [3.8, 4) is 0 Å². The predicted molar refractivity (Wildman–Crippen MR) is 95.8 cm³/mol. The number of fused-ring (bicyclic) bond motifs is 1. The lowest BCUT2D eigenvalue weighted by molar-refractivity contribution is -0.120. The number of carbonyl (C=O) groups is 2. The number of aryl methyl sites for hydroxylation is 1. The van der Waals surface area contributed by atoms with E-state index in [2.05, 4.69) is 10.2 Å². The van der Waals surface area contributed by atoms with Gasteiger partial charge in [0.05, 0.1) is 18.2 Å². The Hall–Kier alpha value is -1.40. The molecule has 0 radical (unpaired) electrons. The minimum Gasteiger partial charge on any atom is -0.462 e. The molecule has 0 saturated carbocycles. The summed E-state index contributed by atoms with van der Waals surface area (Å²) in [6, 6.07) is -0.165. The molecule has 1 fully saturated rings. The maximum atomic E-state index is 12.6. The molecular formula is C18H26N2O3S. The molecule has 1 unspecified atom stereocenters. The van der Waals surface area contributed by atoms with Crippen LogP contribution in [0, 0.1) is 0 Å². The summed E-state index contributed by atoms with van der Waals surface area (Å²) in [5.41, 5.74) is 1.69. The van der Waals surface area contributed by atoms with E-state index in [1.54, 1.807) is 11.3 Å². The van der Waals surface area contributed by atoms with Crippen LogP contribution in [0.2, 0.25) is 0 Å². The molecule has 2 aliphatic rings. The molecule has 3 rings (SSSR count). The number of thiophene rings is 1. The van der Waals surface area contributed by atoms with E-state index in [1.165, 1.54) is 4.88 Å². The highest BCUT2D eigenvalue weighted by atomic mass is 32.1. The second-order valence-corrected chi connectivity index (χ2v) is 7.65. The third-order valence-electron chi connectivity index (χ3n) is 4.96. The number of esters is 1. The fourth-order valence-electron chi connectivity index (χ4n) is 3.58. The zero-order valence-electron chi connectivity index (χ0n) is 14.5. The molecule has 1 aromatic rings. The van der Waals surface area contributed by atoms with Crippen molar-refractivity contribution in [1.29, 1.82) is 0 Å². The molecular weight excluding hydrogens is 324 g/mol. The van der Waals surface area contributed by atoms with Gasteiger partial charge in [0.2, 0.25) is 5.91 Å². The number of ether oxygens (including phenoxy) is 1. The van der Waals surface area contributed by atoms with E-state index in [9.17, 15) is 9.59 Å². The summed E-state index contributed by atoms with van der Waals surface area (Å²) in [5.74, 6) is -0.331. The highest BCUT2D eigenvalue weighted by molar-refractivity contribution is 7.17. The number of hydrogen-bond donors (Lipinski definition) is 1. The van der Waals surface area contributed by atoms with Crippen molar-refractivity contribution < 1.29 is 14.3 Å². The third-order valence-corrected chi connectivity index (χ3v) is 6.16. The van der Waals surface area contributed by atoms with Gasteiger partial charge in [0.15, 0.2) is 0 Å². The van der Waals surface area contributed by atoms with Gasteiger partial charge in [-0.1, -0.05) is 0 Å². The number of anilines is 1. The van der Waals surface area contributed by atoms with Gasteiger partial charge in [-0.15, -0.1) is 11.3 Å². The van der Waals surface area contributed by atoms with Crippen molar-refractivity contribution in [3.63, 3.8) is 0 Å². The van der Waals surface area contributed by atoms with Crippen molar-refractivity contribution in [2.45, 2.75) is 58.4 Å². The van der Waals surface area contributed by atoms with Gasteiger partial charge in [-0.2, -0.15) is 0 Å². The SMILES string of the molecule is CCOC(=O)c1c(NC(=O)C(C)N2CCCC2)sc2c1CCCC2. The molecule has 132 valence electrons. The van der Waals surface area contributed by atoms with E-state index in [0.29, 0.717) is 17.2 Å². The molecule has 0 aromatic carbocycles. The van der Waals surface area contributed by atoms with E-state index in [0.717, 1.165) is 57.2 Å². The summed E-state index contributed by atoms with van der Waals surface area (Å²) in [4.78, 5) is 28.5. The molecule has 1 aliphatic heterocycles. The third kappa shape index (κ3) is 3.49. The Labute approximate surface area is 147 Å². The topological polar surface area (TPSA) is 58.6 Å². The van der Waals surface area contributed by atoms with Crippen LogP contribution in [0.4, 0.5) is 5.00 Å². The van der Waals surface area contributed by atoms with Crippen molar-refractivity contribution in [2.24, 2.45) is 0 Å². The lowest BCUT2D eigenvalue weighted by Gasteiger charge is -2.22. The minimum atomic E-state index is -0.305. The van der Waals surface area contributed by atoms with Crippen molar-refractivity contribution in [1.82, 2.24) is 4.90 Å². The average molecular weight is 350 g/mol. The van der Waals surface area contributed by atoms with Crippen LogP contribution in [0.25, 0.3) is 0 Å². The normalized spacial score (nSPS) is 18.9. The van der Waals surface area contributed by atoms with E-state index < -0.39 is 0 Å². The first kappa shape index (κ1) is 17.4. The molecule has 1 amide bonds. The van der Waals surface area contributed by atoms with Gasteiger partial charge in [0, 0.05) is 4.88 Å². The first-order valence-electron chi connectivity index (χ1n) is 8.98. The first-order valence-corrected chi connectivity index (χ1v) is 9.80. The second kappa shape index (κ2) is 7.66. The van der Waals surface area contributed by atoms with E-state index in [4.69, 9.17) is 4.74 Å². The van der Waals surface area contributed by atoms with E-state index >= 15 is 0 Å². The molecule has 1 N–H and O–H groups in total. The Morgan fingerprint density at radius 1 is 1.21 bits per heavy atom. The van der Waals surface area contributed by atoms with Crippen molar-refractivity contribution in [2.75, 3.05) is 25.0 Å². The number of rotatable bonds is 5. The van der Waals surface area contributed by atoms with Crippen LogP contribution in [0.5, 0.6) is 0 Å². The largest absolute Gasteiger partial charge is 0.462 e. The summed E-state index contributed by atoms with van der Waals surface area (Å²) in [6.45, 7) is 6.05. The molecule has 24 heavy (non-hydrogen) atoms. The number of amides is 1. The Balaban J connectivity index is 1.82. The van der Waals surface area contributed by atoms with Crippen molar-refractivity contribution >= 4 is 28.2 Å². The molecule has 1 saturated heterocycles. The zero-order valence-corrected chi connectivity index (χ0v) is 15.3. The van der Waals surface area contributed by atoms with Crippen LogP contribution in [-0.2, 0) is 22.4 Å². The van der Waals surface area contributed by atoms with Crippen LogP contribution in [0.15, 0.2) is 0 Å². The second-order valence-electron chi connectivity index (χ2n) is 6.54. The Morgan fingerprint density at radius 2 is 1.92 bits per heavy atom. The maximum absolute atomic E-state index is 12.6. The smallest absolute Gasteiger partial charge is 0.341 e. The summed E-state index contributed by atoms with van der Waals surface area (Å²) >= 11 is 1.55. The van der Waals surface area contributed by atoms with Gasteiger partial charge in [-0.3, -0.25) is 9.69 Å². The van der Waals surface area contributed by atoms with Gasteiger partial charge < -0.3 is 10.1 Å². The standard InChI is InChI=1S/C18H26N2O3S/c1-3-23-18(22)15-13-8-4-5-9-14(13)24-17(15)19-16(21)12(2)20-10-6-7-11-20/h12H,3-11H2,1-2H3,(H,19,21). The zero-order chi connectivity index (χ0) is 17.1. The van der Waals surface area contributed by atoms with Gasteiger partial charge in [0.1, 0.15) is 5.00 Å². The highest BCUT2D eigenvalue weighted by Gasteiger charge is 2.29. The molecule has 0 spiro atoms. The fraction of sp³-hybridized carbons (Fsp3) is 0.667.